The first-order valence-electron chi connectivity index (χ1n) is 10.4. The summed E-state index contributed by atoms with van der Waals surface area (Å²) in [6.07, 6.45) is 1.54. The second-order valence-electron chi connectivity index (χ2n) is 7.27. The van der Waals surface area contributed by atoms with E-state index in [1.807, 2.05) is 12.1 Å². The highest BCUT2D eigenvalue weighted by Crippen LogP contribution is 2.20. The van der Waals surface area contributed by atoms with Gasteiger partial charge in [-0.2, -0.15) is 10.4 Å². The minimum absolute atomic E-state index is 0.0302. The average Bonchev–Trinajstić information content (AvgIpc) is 2.88. The van der Waals surface area contributed by atoms with E-state index < -0.39 is 10.5 Å². The number of rotatable bonds is 8. The number of nitro benzene ring substituents is 1. The first-order chi connectivity index (χ1) is 17.0. The molecule has 0 spiro atoms. The van der Waals surface area contributed by atoms with Gasteiger partial charge in [0.05, 0.1) is 16.8 Å². The molecule has 0 radical (unpaired) electrons. The van der Waals surface area contributed by atoms with Gasteiger partial charge in [-0.25, -0.2) is 10.4 Å². The van der Waals surface area contributed by atoms with Gasteiger partial charge in [0.1, 0.15) is 24.0 Å². The van der Waals surface area contributed by atoms with Crippen LogP contribution in [0.4, 0.5) is 11.6 Å². The monoisotopic (exact) mass is 466 g/mol. The third-order valence-corrected chi connectivity index (χ3v) is 4.90. The van der Waals surface area contributed by atoms with E-state index in [0.717, 1.165) is 11.1 Å². The highest BCUT2D eigenvalue weighted by atomic mass is 16.6. The van der Waals surface area contributed by atoms with Crippen LogP contribution >= 0.6 is 0 Å². The number of non-ortho nitro benzene ring substituents is 1. The maximum Gasteiger partial charge on any atom is 0.270 e. The van der Waals surface area contributed by atoms with E-state index >= 15 is 0 Å². The second kappa shape index (κ2) is 10.5. The Labute approximate surface area is 199 Å². The van der Waals surface area contributed by atoms with Crippen LogP contribution in [-0.4, -0.2) is 21.1 Å². The summed E-state index contributed by atoms with van der Waals surface area (Å²) in [6.45, 7) is 0.272. The van der Waals surface area contributed by atoms with Crippen molar-refractivity contribution in [2.75, 3.05) is 5.43 Å². The Morgan fingerprint density at radius 1 is 1.09 bits per heavy atom. The van der Waals surface area contributed by atoms with Crippen molar-refractivity contribution >= 4 is 17.9 Å². The molecule has 0 aliphatic heterocycles. The normalized spacial score (nSPS) is 10.6. The van der Waals surface area contributed by atoms with Gasteiger partial charge in [-0.05, 0) is 47.5 Å². The standard InChI is InChI=1S/C25H18N6O4/c26-14-22-23(19-4-2-1-3-5-19)28-25(29-24(22)32)30-27-15-17-8-12-21(13-9-17)35-16-18-6-10-20(11-7-18)31(33)34/h1-13,15H,16H2,(H2,28,29,30,32). The molecule has 10 nitrogen and oxygen atoms in total. The van der Waals surface area contributed by atoms with Crippen molar-refractivity contribution in [3.05, 3.63) is 116 Å². The maximum absolute atomic E-state index is 12.3. The number of nitrogens with zero attached hydrogens (tertiary/aromatic N) is 4. The number of anilines is 1. The summed E-state index contributed by atoms with van der Waals surface area (Å²) in [7, 11) is 0. The summed E-state index contributed by atoms with van der Waals surface area (Å²) in [4.78, 5) is 29.4. The Bertz CT molecular complexity index is 1460. The molecule has 0 atom stereocenters. The molecule has 0 bridgehead atoms. The van der Waals surface area contributed by atoms with E-state index in [2.05, 4.69) is 20.5 Å². The molecule has 35 heavy (non-hydrogen) atoms. The number of nitriles is 1. The van der Waals surface area contributed by atoms with Crippen LogP contribution in [0.25, 0.3) is 11.3 Å². The molecule has 0 unspecified atom stereocenters. The highest BCUT2D eigenvalue weighted by molar-refractivity contribution is 5.80. The van der Waals surface area contributed by atoms with Gasteiger partial charge in [0.15, 0.2) is 0 Å². The van der Waals surface area contributed by atoms with Crippen LogP contribution in [0.1, 0.15) is 16.7 Å². The van der Waals surface area contributed by atoms with Crippen molar-refractivity contribution in [2.45, 2.75) is 6.61 Å². The Morgan fingerprint density at radius 2 is 1.80 bits per heavy atom. The second-order valence-corrected chi connectivity index (χ2v) is 7.27. The molecule has 0 saturated carbocycles. The molecule has 1 aromatic heterocycles. The fourth-order valence-corrected chi connectivity index (χ4v) is 3.13. The molecule has 0 aliphatic carbocycles. The van der Waals surface area contributed by atoms with Crippen molar-refractivity contribution in [2.24, 2.45) is 5.10 Å². The average molecular weight is 466 g/mol. The molecule has 4 aromatic rings. The van der Waals surface area contributed by atoms with Crippen LogP contribution in [-0.2, 0) is 6.61 Å². The number of hydrazone groups is 1. The third kappa shape index (κ3) is 5.74. The lowest BCUT2D eigenvalue weighted by Gasteiger charge is -2.07. The van der Waals surface area contributed by atoms with Gasteiger partial charge in [0.25, 0.3) is 11.2 Å². The topological polar surface area (TPSA) is 146 Å². The lowest BCUT2D eigenvalue weighted by molar-refractivity contribution is -0.384. The van der Waals surface area contributed by atoms with Crippen LogP contribution in [0.15, 0.2) is 88.8 Å². The van der Waals surface area contributed by atoms with Gasteiger partial charge in [0.2, 0.25) is 5.95 Å². The Balaban J connectivity index is 1.39. The van der Waals surface area contributed by atoms with Crippen molar-refractivity contribution in [1.29, 1.82) is 5.26 Å². The number of hydrogen-bond donors (Lipinski definition) is 2. The number of aromatic amines is 1. The third-order valence-electron chi connectivity index (χ3n) is 4.90. The van der Waals surface area contributed by atoms with Crippen molar-refractivity contribution in [1.82, 2.24) is 9.97 Å². The van der Waals surface area contributed by atoms with Crippen LogP contribution < -0.4 is 15.7 Å². The van der Waals surface area contributed by atoms with Crippen LogP contribution in [0, 0.1) is 21.4 Å². The van der Waals surface area contributed by atoms with Crippen LogP contribution in [0.3, 0.4) is 0 Å². The lowest BCUT2D eigenvalue weighted by atomic mass is 10.1. The minimum Gasteiger partial charge on any atom is -0.489 e. The lowest BCUT2D eigenvalue weighted by Crippen LogP contribution is -2.16. The fraction of sp³-hybridized carbons (Fsp3) is 0.0400. The number of H-pyrrole nitrogens is 1. The summed E-state index contributed by atoms with van der Waals surface area (Å²) < 4.78 is 5.71. The van der Waals surface area contributed by atoms with E-state index in [-0.39, 0.29) is 29.5 Å². The Hall–Kier alpha value is -5.30. The molecule has 4 rings (SSSR count). The molecule has 1 heterocycles. The van der Waals surface area contributed by atoms with E-state index in [1.54, 1.807) is 66.9 Å². The summed E-state index contributed by atoms with van der Waals surface area (Å²) in [5, 5.41) is 24.2. The van der Waals surface area contributed by atoms with E-state index in [9.17, 15) is 20.2 Å². The molecular formula is C25H18N6O4. The molecule has 10 heteroatoms. The SMILES string of the molecule is N#Cc1c(-c2ccccc2)nc(NN=Cc2ccc(OCc3ccc([N+](=O)[O-])cc3)cc2)[nH]c1=O. The summed E-state index contributed by atoms with van der Waals surface area (Å²) in [6, 6.07) is 24.1. The number of hydrogen-bond acceptors (Lipinski definition) is 8. The molecular weight excluding hydrogens is 448 g/mol. The van der Waals surface area contributed by atoms with Gasteiger partial charge < -0.3 is 4.74 Å². The summed E-state index contributed by atoms with van der Waals surface area (Å²) in [5.74, 6) is 0.728. The van der Waals surface area contributed by atoms with Gasteiger partial charge in [-0.3, -0.25) is 19.9 Å². The fourth-order valence-electron chi connectivity index (χ4n) is 3.13. The number of aromatic nitrogens is 2. The molecule has 2 N–H and O–H groups in total. The van der Waals surface area contributed by atoms with Crippen molar-refractivity contribution < 1.29 is 9.66 Å². The van der Waals surface area contributed by atoms with E-state index in [1.165, 1.54) is 12.1 Å². The van der Waals surface area contributed by atoms with Gasteiger partial charge in [0, 0.05) is 17.7 Å². The zero-order chi connectivity index (χ0) is 24.6. The smallest absolute Gasteiger partial charge is 0.270 e. The first-order valence-corrected chi connectivity index (χ1v) is 10.4. The van der Waals surface area contributed by atoms with E-state index in [0.29, 0.717) is 11.3 Å². The molecule has 0 aliphatic rings. The zero-order valence-electron chi connectivity index (χ0n) is 18.2. The number of nitrogens with one attached hydrogen (secondary N) is 2. The highest BCUT2D eigenvalue weighted by Gasteiger charge is 2.12. The number of ether oxygens (including phenoxy) is 1. The molecule has 0 fully saturated rings. The maximum atomic E-state index is 12.3. The Kier molecular flexibility index (Phi) is 6.89. The van der Waals surface area contributed by atoms with Gasteiger partial charge >= 0.3 is 0 Å². The molecule has 0 saturated heterocycles. The van der Waals surface area contributed by atoms with Crippen molar-refractivity contribution in [3.63, 3.8) is 0 Å². The molecule has 172 valence electrons. The van der Waals surface area contributed by atoms with Crippen molar-refractivity contribution in [3.8, 4) is 23.1 Å². The summed E-state index contributed by atoms with van der Waals surface area (Å²) >= 11 is 0. The van der Waals surface area contributed by atoms with Crippen LogP contribution in [0.5, 0.6) is 5.75 Å². The Morgan fingerprint density at radius 3 is 2.46 bits per heavy atom. The molecule has 0 amide bonds. The quantitative estimate of drug-likeness (QED) is 0.224. The number of benzene rings is 3. The number of nitro groups is 1. The van der Waals surface area contributed by atoms with Crippen LogP contribution in [0.2, 0.25) is 0 Å². The minimum atomic E-state index is -0.562. The van der Waals surface area contributed by atoms with Gasteiger partial charge in [-0.1, -0.05) is 30.3 Å². The predicted octanol–water partition coefficient (Wildman–Crippen LogP) is 4.24. The molecule has 3 aromatic carbocycles. The van der Waals surface area contributed by atoms with E-state index in [4.69, 9.17) is 4.74 Å². The van der Waals surface area contributed by atoms with Gasteiger partial charge in [-0.15, -0.1) is 0 Å². The largest absolute Gasteiger partial charge is 0.489 e. The predicted molar refractivity (Wildman–Crippen MR) is 130 cm³/mol. The summed E-state index contributed by atoms with van der Waals surface area (Å²) in [5.41, 5.74) is 4.56. The zero-order valence-corrected chi connectivity index (χ0v) is 18.2. The first kappa shape index (κ1) is 22.9.